The Bertz CT molecular complexity index is 938. The highest BCUT2D eigenvalue weighted by molar-refractivity contribution is 7.89. The highest BCUT2D eigenvalue weighted by Gasteiger charge is 2.38. The van der Waals surface area contributed by atoms with Gasteiger partial charge in [-0.15, -0.1) is 5.10 Å². The molecule has 4 rings (SSSR count). The van der Waals surface area contributed by atoms with Crippen molar-refractivity contribution in [3.05, 3.63) is 30.0 Å². The lowest BCUT2D eigenvalue weighted by Crippen LogP contribution is -2.52. The zero-order valence-corrected chi connectivity index (χ0v) is 15.8. The van der Waals surface area contributed by atoms with E-state index in [-0.39, 0.29) is 11.8 Å². The molecule has 7 nitrogen and oxygen atoms in total. The van der Waals surface area contributed by atoms with Crippen LogP contribution in [0.1, 0.15) is 42.6 Å². The first kappa shape index (κ1) is 17.5. The number of piperidine rings is 2. The maximum Gasteiger partial charge on any atom is 0.359 e. The summed E-state index contributed by atoms with van der Waals surface area (Å²) in [6.45, 7) is 0. The number of ether oxygens (including phenoxy) is 1. The van der Waals surface area contributed by atoms with Crippen LogP contribution in [0.15, 0.2) is 24.3 Å². The third-order valence-corrected chi connectivity index (χ3v) is 6.54. The maximum absolute atomic E-state index is 12.8. The van der Waals surface area contributed by atoms with Crippen LogP contribution in [0.25, 0.3) is 10.9 Å². The van der Waals surface area contributed by atoms with Gasteiger partial charge in [-0.2, -0.15) is 4.09 Å². The van der Waals surface area contributed by atoms with Gasteiger partial charge in [0.2, 0.25) is 0 Å². The molecular formula is C18H23N3O4S. The zero-order chi connectivity index (χ0) is 18.5. The van der Waals surface area contributed by atoms with Crippen molar-refractivity contribution < 1.29 is 17.9 Å². The summed E-state index contributed by atoms with van der Waals surface area (Å²) >= 11 is 0. The number of benzene rings is 1. The molecule has 3 atom stereocenters. The number of carbonyl (C=O) groups excluding carboxylic acids is 1. The fraction of sp³-hybridized carbons (Fsp3) is 0.556. The molecule has 0 amide bonds. The second-order valence-corrected chi connectivity index (χ2v) is 9.19. The van der Waals surface area contributed by atoms with E-state index >= 15 is 0 Å². The fourth-order valence-electron chi connectivity index (χ4n) is 4.31. The van der Waals surface area contributed by atoms with E-state index in [0.717, 1.165) is 36.0 Å². The second kappa shape index (κ2) is 6.35. The molecule has 2 aliphatic heterocycles. The minimum Gasteiger partial charge on any atom is -0.457 e. The standard InChI is InChI=1S/C18H23N3O4S/c1-20-12-6-5-7-13(20)11-14(10-12)25-18(22)17-15-8-3-4-9-16(15)21(19-17)26(2,23)24/h3-4,8-9,12-14H,5-7,10-11H2,1-2H3/t12-,13+,14+. The SMILES string of the molecule is CN1[C@@H]2CCC[C@H]1C[C@@H](OC(=O)c1nn(S(C)(=O)=O)c3ccccc13)C2. The summed E-state index contributed by atoms with van der Waals surface area (Å²) < 4.78 is 30.6. The third-order valence-electron chi connectivity index (χ3n) is 5.63. The second-order valence-electron chi connectivity index (χ2n) is 7.37. The smallest absolute Gasteiger partial charge is 0.359 e. The maximum atomic E-state index is 12.8. The molecule has 8 heteroatoms. The molecule has 1 aromatic heterocycles. The van der Waals surface area contributed by atoms with Crippen LogP contribution in [0.3, 0.4) is 0 Å². The van der Waals surface area contributed by atoms with E-state index in [1.165, 1.54) is 6.42 Å². The number of para-hydroxylation sites is 1. The zero-order valence-electron chi connectivity index (χ0n) is 15.0. The van der Waals surface area contributed by atoms with Crippen molar-refractivity contribution in [3.8, 4) is 0 Å². The Hall–Kier alpha value is -1.93. The Balaban J connectivity index is 1.61. The molecule has 3 heterocycles. The molecule has 2 saturated heterocycles. The van der Waals surface area contributed by atoms with Crippen LogP contribution < -0.4 is 0 Å². The predicted molar refractivity (Wildman–Crippen MR) is 97.6 cm³/mol. The number of carbonyl (C=O) groups is 1. The van der Waals surface area contributed by atoms with E-state index in [0.29, 0.717) is 23.0 Å². The molecule has 1 aromatic carbocycles. The van der Waals surface area contributed by atoms with Gasteiger partial charge in [-0.3, -0.25) is 0 Å². The van der Waals surface area contributed by atoms with E-state index in [1.807, 2.05) is 0 Å². The fourth-order valence-corrected chi connectivity index (χ4v) is 5.06. The van der Waals surface area contributed by atoms with Crippen molar-refractivity contribution in [1.29, 1.82) is 0 Å². The van der Waals surface area contributed by atoms with Crippen molar-refractivity contribution in [1.82, 2.24) is 14.1 Å². The Kier molecular flexibility index (Phi) is 4.27. The van der Waals surface area contributed by atoms with Crippen molar-refractivity contribution in [3.63, 3.8) is 0 Å². The number of hydrogen-bond donors (Lipinski definition) is 0. The average Bonchev–Trinajstić information content (AvgIpc) is 2.96. The lowest BCUT2D eigenvalue weighted by Gasteiger charge is -2.46. The molecule has 0 aliphatic carbocycles. The van der Waals surface area contributed by atoms with Gasteiger partial charge in [0.25, 0.3) is 10.0 Å². The van der Waals surface area contributed by atoms with E-state index in [1.54, 1.807) is 24.3 Å². The average molecular weight is 377 g/mol. The molecule has 0 N–H and O–H groups in total. The molecule has 2 fully saturated rings. The van der Waals surface area contributed by atoms with Crippen LogP contribution in [0.2, 0.25) is 0 Å². The Labute approximate surface area is 153 Å². The van der Waals surface area contributed by atoms with Gasteiger partial charge in [-0.1, -0.05) is 24.6 Å². The number of fused-ring (bicyclic) bond motifs is 3. The van der Waals surface area contributed by atoms with Crippen LogP contribution in [0, 0.1) is 0 Å². The molecule has 0 unspecified atom stereocenters. The normalized spacial score (nSPS) is 26.8. The number of rotatable bonds is 3. The summed E-state index contributed by atoms with van der Waals surface area (Å²) in [4.78, 5) is 15.2. The van der Waals surface area contributed by atoms with Gasteiger partial charge in [0.05, 0.1) is 11.8 Å². The molecule has 2 aromatic rings. The Morgan fingerprint density at radius 2 is 1.85 bits per heavy atom. The van der Waals surface area contributed by atoms with E-state index in [4.69, 9.17) is 4.74 Å². The van der Waals surface area contributed by atoms with E-state index in [9.17, 15) is 13.2 Å². The van der Waals surface area contributed by atoms with Gasteiger partial charge >= 0.3 is 5.97 Å². The number of aromatic nitrogens is 2. The molecule has 0 radical (unpaired) electrons. The summed E-state index contributed by atoms with van der Waals surface area (Å²) in [6.07, 6.45) is 6.06. The lowest BCUT2D eigenvalue weighted by molar-refractivity contribution is -0.0321. The van der Waals surface area contributed by atoms with Crippen LogP contribution in [0.4, 0.5) is 0 Å². The van der Waals surface area contributed by atoms with Gasteiger partial charge in [0, 0.05) is 30.3 Å². The molecule has 2 aliphatic rings. The first-order valence-corrected chi connectivity index (χ1v) is 10.8. The van der Waals surface area contributed by atoms with Gasteiger partial charge < -0.3 is 9.64 Å². The van der Waals surface area contributed by atoms with Crippen LogP contribution in [-0.2, 0) is 14.8 Å². The first-order valence-electron chi connectivity index (χ1n) is 8.96. The molecule has 0 spiro atoms. The van der Waals surface area contributed by atoms with Crippen molar-refractivity contribution in [2.24, 2.45) is 0 Å². The van der Waals surface area contributed by atoms with Crippen LogP contribution in [-0.4, -0.2) is 60.0 Å². The van der Waals surface area contributed by atoms with E-state index < -0.39 is 16.0 Å². The molecule has 2 bridgehead atoms. The highest BCUT2D eigenvalue weighted by Crippen LogP contribution is 2.34. The van der Waals surface area contributed by atoms with E-state index in [2.05, 4.69) is 17.0 Å². The third kappa shape index (κ3) is 3.01. The molecule has 0 saturated carbocycles. The summed E-state index contributed by atoms with van der Waals surface area (Å²) in [5, 5.41) is 4.55. The van der Waals surface area contributed by atoms with Crippen LogP contribution in [0.5, 0.6) is 0 Å². The minimum absolute atomic E-state index is 0.0649. The Morgan fingerprint density at radius 1 is 1.19 bits per heavy atom. The van der Waals surface area contributed by atoms with Gasteiger partial charge in [-0.05, 0) is 26.0 Å². The highest BCUT2D eigenvalue weighted by atomic mass is 32.2. The summed E-state index contributed by atoms with van der Waals surface area (Å²) in [6, 6.07) is 7.72. The number of esters is 1. The van der Waals surface area contributed by atoms with Gasteiger partial charge in [0.1, 0.15) is 6.10 Å². The minimum atomic E-state index is -3.60. The number of nitrogens with zero attached hydrogens (tertiary/aromatic N) is 3. The monoisotopic (exact) mass is 377 g/mol. The first-order chi connectivity index (χ1) is 12.3. The van der Waals surface area contributed by atoms with Crippen molar-refractivity contribution in [2.45, 2.75) is 50.3 Å². The topological polar surface area (TPSA) is 81.5 Å². The summed E-state index contributed by atoms with van der Waals surface area (Å²) in [5.74, 6) is -0.545. The number of hydrogen-bond acceptors (Lipinski definition) is 6. The summed E-state index contributed by atoms with van der Waals surface area (Å²) in [7, 11) is -1.46. The largest absolute Gasteiger partial charge is 0.457 e. The van der Waals surface area contributed by atoms with Gasteiger partial charge in [0.15, 0.2) is 5.69 Å². The van der Waals surface area contributed by atoms with Crippen LogP contribution >= 0.6 is 0 Å². The molecular weight excluding hydrogens is 354 g/mol. The quantitative estimate of drug-likeness (QED) is 0.761. The van der Waals surface area contributed by atoms with Gasteiger partial charge in [-0.25, -0.2) is 13.2 Å². The molecule has 140 valence electrons. The van der Waals surface area contributed by atoms with Crippen molar-refractivity contribution in [2.75, 3.05) is 13.3 Å². The predicted octanol–water partition coefficient (Wildman–Crippen LogP) is 2.02. The molecule has 26 heavy (non-hydrogen) atoms. The lowest BCUT2D eigenvalue weighted by atomic mass is 9.83. The van der Waals surface area contributed by atoms with Crippen molar-refractivity contribution >= 4 is 26.9 Å². The summed E-state index contributed by atoms with van der Waals surface area (Å²) in [5.41, 5.74) is 0.456. The Morgan fingerprint density at radius 3 is 2.50 bits per heavy atom.